The van der Waals surface area contributed by atoms with Crippen LogP contribution in [0.5, 0.6) is 0 Å². The maximum absolute atomic E-state index is 6.41. The van der Waals surface area contributed by atoms with Crippen LogP contribution in [0.4, 0.5) is 5.82 Å². The van der Waals surface area contributed by atoms with E-state index in [9.17, 15) is 0 Å². The van der Waals surface area contributed by atoms with Crippen molar-refractivity contribution in [3.63, 3.8) is 0 Å². The molecule has 6 rings (SSSR count). The molecule has 6 nitrogen and oxygen atoms in total. The van der Waals surface area contributed by atoms with Crippen molar-refractivity contribution in [2.45, 2.75) is 26.1 Å². The number of imidazole rings is 1. The summed E-state index contributed by atoms with van der Waals surface area (Å²) in [7, 11) is 0. The van der Waals surface area contributed by atoms with E-state index in [-0.39, 0.29) is 12.2 Å². The zero-order valence-electron chi connectivity index (χ0n) is 18.5. The van der Waals surface area contributed by atoms with Crippen molar-refractivity contribution in [1.82, 2.24) is 19.7 Å². The van der Waals surface area contributed by atoms with Crippen LogP contribution in [0.3, 0.4) is 0 Å². The fourth-order valence-corrected chi connectivity index (χ4v) is 4.99. The van der Waals surface area contributed by atoms with Crippen LogP contribution in [-0.4, -0.2) is 40.5 Å². The van der Waals surface area contributed by atoms with Crippen molar-refractivity contribution in [3.8, 4) is 11.1 Å². The van der Waals surface area contributed by atoms with Gasteiger partial charge < -0.3 is 19.4 Å². The molecule has 0 unspecified atom stereocenters. The second-order valence-electron chi connectivity index (χ2n) is 8.66. The topological polar surface area (TPSA) is 54.7 Å². The number of piperazine rings is 1. The molecule has 4 aromatic rings. The van der Waals surface area contributed by atoms with Crippen molar-refractivity contribution in [3.05, 3.63) is 83.4 Å². The van der Waals surface area contributed by atoms with Gasteiger partial charge in [-0.2, -0.15) is 0 Å². The molecule has 0 radical (unpaired) electrons. The van der Waals surface area contributed by atoms with Gasteiger partial charge in [-0.3, -0.25) is 0 Å². The summed E-state index contributed by atoms with van der Waals surface area (Å²) in [6, 6.07) is 17.0. The Labute approximate surface area is 187 Å². The third-order valence-corrected chi connectivity index (χ3v) is 6.67. The van der Waals surface area contributed by atoms with Crippen molar-refractivity contribution in [2.24, 2.45) is 0 Å². The molecule has 162 valence electrons. The van der Waals surface area contributed by atoms with Crippen molar-refractivity contribution in [2.75, 3.05) is 31.1 Å². The predicted octanol–water partition coefficient (Wildman–Crippen LogP) is 4.29. The highest BCUT2D eigenvalue weighted by atomic mass is 16.5. The minimum atomic E-state index is -0.111. The Morgan fingerprint density at radius 1 is 0.969 bits per heavy atom. The van der Waals surface area contributed by atoms with Gasteiger partial charge in [0.25, 0.3) is 0 Å². The van der Waals surface area contributed by atoms with Gasteiger partial charge in [-0.1, -0.05) is 24.3 Å². The highest BCUT2D eigenvalue weighted by Crippen LogP contribution is 2.43. The Morgan fingerprint density at radius 3 is 2.53 bits per heavy atom. The van der Waals surface area contributed by atoms with Gasteiger partial charge in [-0.05, 0) is 49.2 Å². The van der Waals surface area contributed by atoms with Crippen LogP contribution >= 0.6 is 0 Å². The van der Waals surface area contributed by atoms with E-state index in [1.54, 1.807) is 0 Å². The molecular formula is C26H27N5O. The molecule has 1 fully saturated rings. The van der Waals surface area contributed by atoms with Crippen LogP contribution in [0.15, 0.2) is 60.9 Å². The molecule has 0 saturated carbocycles. The van der Waals surface area contributed by atoms with Crippen molar-refractivity contribution in [1.29, 1.82) is 0 Å². The summed E-state index contributed by atoms with van der Waals surface area (Å²) in [4.78, 5) is 11.9. The van der Waals surface area contributed by atoms with E-state index in [2.05, 4.69) is 83.2 Å². The number of pyridine rings is 2. The molecule has 2 aliphatic rings. The van der Waals surface area contributed by atoms with E-state index in [0.29, 0.717) is 0 Å². The zero-order valence-corrected chi connectivity index (χ0v) is 18.5. The van der Waals surface area contributed by atoms with E-state index in [0.717, 1.165) is 60.2 Å². The standard InChI is InChI=1S/C26H27N5O/c1-17-25(26-22-6-4-3-5-21(22)18(2)32-26)31-16-20(8-10-24(31)29-17)19-7-9-23(28-15-19)30-13-11-27-12-14-30/h3-10,15-16,18,26-27H,11-14H2,1-2H3/t18-,26-/m0/s1. The van der Waals surface area contributed by atoms with E-state index < -0.39 is 0 Å². The Hall–Kier alpha value is -3.22. The number of hydrogen-bond donors (Lipinski definition) is 1. The van der Waals surface area contributed by atoms with Crippen LogP contribution in [-0.2, 0) is 4.74 Å². The van der Waals surface area contributed by atoms with Gasteiger partial charge >= 0.3 is 0 Å². The molecule has 3 aromatic heterocycles. The highest BCUT2D eigenvalue weighted by molar-refractivity contribution is 5.66. The number of anilines is 1. The van der Waals surface area contributed by atoms with Crippen molar-refractivity contribution < 1.29 is 4.74 Å². The monoisotopic (exact) mass is 425 g/mol. The summed E-state index contributed by atoms with van der Waals surface area (Å²) in [5.41, 5.74) is 7.76. The molecule has 1 saturated heterocycles. The summed E-state index contributed by atoms with van der Waals surface area (Å²) >= 11 is 0. The number of rotatable bonds is 3. The number of nitrogens with one attached hydrogen (secondary N) is 1. The Kier molecular flexibility index (Phi) is 4.70. The summed E-state index contributed by atoms with van der Waals surface area (Å²) < 4.78 is 8.60. The van der Waals surface area contributed by atoms with Crippen LogP contribution < -0.4 is 10.2 Å². The molecule has 0 spiro atoms. The third kappa shape index (κ3) is 3.18. The lowest BCUT2D eigenvalue weighted by Crippen LogP contribution is -2.43. The van der Waals surface area contributed by atoms with Gasteiger partial charge in [0.2, 0.25) is 0 Å². The Bertz CT molecular complexity index is 1270. The highest BCUT2D eigenvalue weighted by Gasteiger charge is 2.33. The Balaban J connectivity index is 1.38. The maximum atomic E-state index is 6.41. The van der Waals surface area contributed by atoms with Gasteiger partial charge in [0.05, 0.1) is 17.5 Å². The molecule has 5 heterocycles. The SMILES string of the molecule is Cc1nc2ccc(-c3ccc(N4CCNCC4)nc3)cn2c1[C@H]1O[C@@H](C)c2ccccc21. The van der Waals surface area contributed by atoms with Gasteiger partial charge in [-0.15, -0.1) is 0 Å². The predicted molar refractivity (Wildman–Crippen MR) is 126 cm³/mol. The van der Waals surface area contributed by atoms with E-state index >= 15 is 0 Å². The second kappa shape index (κ2) is 7.73. The Morgan fingerprint density at radius 2 is 1.75 bits per heavy atom. The molecule has 0 amide bonds. The molecule has 0 aliphatic carbocycles. The van der Waals surface area contributed by atoms with Gasteiger partial charge in [0, 0.05) is 49.7 Å². The summed E-state index contributed by atoms with van der Waals surface area (Å²) in [5.74, 6) is 1.04. The lowest BCUT2D eigenvalue weighted by atomic mass is 10.00. The second-order valence-corrected chi connectivity index (χ2v) is 8.66. The molecular weight excluding hydrogens is 398 g/mol. The lowest BCUT2D eigenvalue weighted by Gasteiger charge is -2.28. The number of aryl methyl sites for hydroxylation is 1. The third-order valence-electron chi connectivity index (χ3n) is 6.67. The van der Waals surface area contributed by atoms with Gasteiger partial charge in [0.15, 0.2) is 0 Å². The number of fused-ring (bicyclic) bond motifs is 2. The normalized spacial score (nSPS) is 20.6. The minimum Gasteiger partial charge on any atom is -0.360 e. The first-order chi connectivity index (χ1) is 15.7. The fraction of sp³-hybridized carbons (Fsp3) is 0.308. The first-order valence-corrected chi connectivity index (χ1v) is 11.3. The average molecular weight is 426 g/mol. The average Bonchev–Trinajstić information content (AvgIpc) is 3.35. The lowest BCUT2D eigenvalue weighted by molar-refractivity contribution is 0.0424. The molecule has 2 atom stereocenters. The molecule has 2 aliphatic heterocycles. The minimum absolute atomic E-state index is 0.0751. The summed E-state index contributed by atoms with van der Waals surface area (Å²) in [5, 5.41) is 3.39. The van der Waals surface area contributed by atoms with Gasteiger partial charge in [-0.25, -0.2) is 9.97 Å². The number of nitrogens with zero attached hydrogens (tertiary/aromatic N) is 4. The summed E-state index contributed by atoms with van der Waals surface area (Å²) in [6.07, 6.45) is 4.11. The largest absolute Gasteiger partial charge is 0.360 e. The number of aromatic nitrogens is 3. The quantitative estimate of drug-likeness (QED) is 0.531. The van der Waals surface area contributed by atoms with E-state index in [1.165, 1.54) is 11.1 Å². The maximum Gasteiger partial charge on any atom is 0.137 e. The van der Waals surface area contributed by atoms with E-state index in [1.807, 2.05) is 6.20 Å². The number of benzene rings is 1. The first-order valence-electron chi connectivity index (χ1n) is 11.3. The number of hydrogen-bond acceptors (Lipinski definition) is 5. The van der Waals surface area contributed by atoms with Crippen LogP contribution in [0, 0.1) is 6.92 Å². The van der Waals surface area contributed by atoms with Crippen molar-refractivity contribution >= 4 is 11.5 Å². The first kappa shape index (κ1) is 19.5. The smallest absolute Gasteiger partial charge is 0.137 e. The summed E-state index contributed by atoms with van der Waals surface area (Å²) in [6.45, 7) is 8.20. The fourth-order valence-electron chi connectivity index (χ4n) is 4.99. The van der Waals surface area contributed by atoms with Crippen LogP contribution in [0.2, 0.25) is 0 Å². The molecule has 1 aromatic carbocycles. The van der Waals surface area contributed by atoms with Gasteiger partial charge in [0.1, 0.15) is 17.6 Å². The zero-order chi connectivity index (χ0) is 21.7. The molecule has 6 heteroatoms. The van der Waals surface area contributed by atoms with E-state index in [4.69, 9.17) is 14.7 Å². The molecule has 1 N–H and O–H groups in total. The number of ether oxygens (including phenoxy) is 1. The molecule has 0 bridgehead atoms. The van der Waals surface area contributed by atoms with Crippen LogP contribution in [0.25, 0.3) is 16.8 Å². The van der Waals surface area contributed by atoms with Crippen LogP contribution in [0.1, 0.15) is 41.6 Å². The molecule has 32 heavy (non-hydrogen) atoms.